The smallest absolute Gasteiger partial charge is 0.410 e. The normalized spacial score (nSPS) is 16.5. The molecule has 0 N–H and O–H groups in total. The third kappa shape index (κ3) is 6.11. The van der Waals surface area contributed by atoms with E-state index in [0.29, 0.717) is 0 Å². The van der Waals surface area contributed by atoms with E-state index < -0.39 is 33.7 Å². The predicted molar refractivity (Wildman–Crippen MR) is 89.6 cm³/mol. The summed E-state index contributed by atoms with van der Waals surface area (Å²) in [5.41, 5.74) is 0.125. The van der Waals surface area contributed by atoms with Gasteiger partial charge in [-0.1, -0.05) is 30.3 Å². The zero-order valence-electron chi connectivity index (χ0n) is 14.2. The first-order valence-electron chi connectivity index (χ1n) is 8.01. The van der Waals surface area contributed by atoms with Gasteiger partial charge in [-0.3, -0.25) is 4.90 Å². The molecule has 0 bridgehead atoms. The van der Waals surface area contributed by atoms with Gasteiger partial charge in [-0.05, 0) is 45.1 Å². The van der Waals surface area contributed by atoms with E-state index in [9.17, 15) is 17.1 Å². The summed E-state index contributed by atoms with van der Waals surface area (Å²) in [4.78, 5) is 14.0. The lowest BCUT2D eigenvalue weighted by Gasteiger charge is -2.33. The molecule has 1 amide bonds. The van der Waals surface area contributed by atoms with E-state index in [-0.39, 0.29) is 12.5 Å². The van der Waals surface area contributed by atoms with E-state index in [1.165, 1.54) is 4.90 Å². The largest absolute Gasteiger partial charge is 0.444 e. The Morgan fingerprint density at radius 2 is 1.88 bits per heavy atom. The Morgan fingerprint density at radius 3 is 2.33 bits per heavy atom. The number of rotatable bonds is 6. The monoisotopic (exact) mass is 357 g/mol. The molecule has 7 heteroatoms. The summed E-state index contributed by atoms with van der Waals surface area (Å²) in [6, 6.07) is 8.49. The summed E-state index contributed by atoms with van der Waals surface area (Å²) in [5.74, 6) is -0.698. The van der Waals surface area contributed by atoms with Gasteiger partial charge in [0.1, 0.15) is 11.4 Å². The highest BCUT2D eigenvalue weighted by Gasteiger charge is 2.41. The van der Waals surface area contributed by atoms with Crippen LogP contribution in [0.5, 0.6) is 0 Å². The van der Waals surface area contributed by atoms with Gasteiger partial charge in [0, 0.05) is 6.54 Å². The molecule has 1 saturated carbocycles. The molecule has 0 aromatic heterocycles. The summed E-state index contributed by atoms with van der Waals surface area (Å²) in [6.07, 6.45) is 0.953. The van der Waals surface area contributed by atoms with Gasteiger partial charge >= 0.3 is 16.3 Å². The van der Waals surface area contributed by atoms with Gasteiger partial charge in [-0.25, -0.2) is 4.79 Å². The van der Waals surface area contributed by atoms with Crippen LogP contribution >= 0.6 is 0 Å². The van der Waals surface area contributed by atoms with E-state index in [1.54, 1.807) is 20.8 Å². The Labute approximate surface area is 143 Å². The second-order valence-corrected chi connectivity index (χ2v) is 8.62. The first-order valence-corrected chi connectivity index (χ1v) is 9.56. The van der Waals surface area contributed by atoms with Gasteiger partial charge in [0.05, 0.1) is 6.04 Å². The van der Waals surface area contributed by atoms with Crippen molar-refractivity contribution in [3.63, 3.8) is 0 Å². The van der Waals surface area contributed by atoms with Gasteiger partial charge in [0.25, 0.3) is 0 Å². The molecule has 1 aliphatic rings. The first kappa shape index (κ1) is 18.7. The van der Waals surface area contributed by atoms with E-state index in [0.717, 1.165) is 18.4 Å². The van der Waals surface area contributed by atoms with Crippen molar-refractivity contribution < 1.29 is 21.8 Å². The summed E-state index contributed by atoms with van der Waals surface area (Å²) in [7, 11) is -4.69. The zero-order chi connectivity index (χ0) is 18.0. The van der Waals surface area contributed by atoms with E-state index in [1.807, 2.05) is 30.3 Å². The highest BCUT2D eigenvalue weighted by molar-refractivity contribution is 7.86. The van der Waals surface area contributed by atoms with Crippen molar-refractivity contribution in [2.75, 3.05) is 5.75 Å². The maximum absolute atomic E-state index is 13.3. The topological polar surface area (TPSA) is 63.7 Å². The van der Waals surface area contributed by atoms with Crippen molar-refractivity contribution in [2.24, 2.45) is 5.92 Å². The van der Waals surface area contributed by atoms with Gasteiger partial charge in [0.15, 0.2) is 0 Å². The number of ether oxygens (including phenoxy) is 1. The number of benzene rings is 1. The minimum absolute atomic E-state index is 0.00763. The summed E-state index contributed by atoms with van der Waals surface area (Å²) >= 11 is 0. The number of carbonyl (C=O) groups excluding carboxylic acids is 1. The lowest BCUT2D eigenvalue weighted by molar-refractivity contribution is 0.0137. The number of carbonyl (C=O) groups is 1. The van der Waals surface area contributed by atoms with E-state index >= 15 is 0 Å². The molecule has 2 rings (SSSR count). The Hall–Kier alpha value is -1.63. The summed E-state index contributed by atoms with van der Waals surface area (Å²) in [6.45, 7) is 5.41. The van der Waals surface area contributed by atoms with E-state index in [4.69, 9.17) is 4.74 Å². The highest BCUT2D eigenvalue weighted by atomic mass is 32.3. The van der Waals surface area contributed by atoms with E-state index in [2.05, 4.69) is 0 Å². The van der Waals surface area contributed by atoms with Crippen LogP contribution in [-0.4, -0.2) is 36.8 Å². The van der Waals surface area contributed by atoms with Crippen LogP contribution in [0.15, 0.2) is 30.3 Å². The van der Waals surface area contributed by atoms with Gasteiger partial charge in [0.2, 0.25) is 0 Å². The van der Waals surface area contributed by atoms with Crippen LogP contribution in [0.4, 0.5) is 8.68 Å². The Bertz CT molecular complexity index is 666. The molecule has 1 unspecified atom stereocenters. The fraction of sp³-hybridized carbons (Fsp3) is 0.588. The molecule has 1 aromatic carbocycles. The minimum Gasteiger partial charge on any atom is -0.444 e. The second-order valence-electron chi connectivity index (χ2n) is 7.20. The maximum Gasteiger partial charge on any atom is 0.410 e. The average Bonchev–Trinajstić information content (AvgIpc) is 3.25. The van der Waals surface area contributed by atoms with Crippen LogP contribution in [0.3, 0.4) is 0 Å². The molecular formula is C17H24FNO4S. The van der Waals surface area contributed by atoms with Crippen molar-refractivity contribution >= 4 is 16.3 Å². The minimum atomic E-state index is -4.69. The van der Waals surface area contributed by atoms with Gasteiger partial charge < -0.3 is 4.74 Å². The third-order valence-corrected chi connectivity index (χ3v) is 4.50. The standard InChI is InChI=1S/C17H24FNO4S/c1-17(2,3)23-16(20)19(11-13-7-5-4-6-8-13)15(14-9-10-14)12-24(18,21)22/h4-8,14-15H,9-12H2,1-3H3. The number of nitrogens with zero attached hydrogens (tertiary/aromatic N) is 1. The molecule has 1 aliphatic carbocycles. The van der Waals surface area contributed by atoms with Gasteiger partial charge in [-0.2, -0.15) is 8.42 Å². The molecule has 5 nitrogen and oxygen atoms in total. The number of amides is 1. The molecule has 134 valence electrons. The molecule has 24 heavy (non-hydrogen) atoms. The quantitative estimate of drug-likeness (QED) is 0.731. The zero-order valence-corrected chi connectivity index (χ0v) is 15.1. The van der Waals surface area contributed by atoms with Crippen LogP contribution in [-0.2, 0) is 21.5 Å². The van der Waals surface area contributed by atoms with Crippen LogP contribution in [0, 0.1) is 5.92 Å². The third-order valence-electron chi connectivity index (χ3n) is 3.76. The molecule has 0 radical (unpaired) electrons. The van der Waals surface area contributed by atoms with Gasteiger partial charge in [-0.15, -0.1) is 3.89 Å². The Morgan fingerprint density at radius 1 is 1.29 bits per heavy atom. The predicted octanol–water partition coefficient (Wildman–Crippen LogP) is 3.50. The number of hydrogen-bond acceptors (Lipinski definition) is 4. The van der Waals surface area contributed by atoms with Crippen LogP contribution in [0.1, 0.15) is 39.2 Å². The molecule has 0 heterocycles. The molecule has 0 saturated heterocycles. The summed E-state index contributed by atoms with van der Waals surface area (Å²) < 4.78 is 41.1. The lowest BCUT2D eigenvalue weighted by atomic mass is 10.1. The van der Waals surface area contributed by atoms with Crippen molar-refractivity contribution in [2.45, 2.75) is 51.8 Å². The van der Waals surface area contributed by atoms with Crippen LogP contribution in [0.2, 0.25) is 0 Å². The van der Waals surface area contributed by atoms with Crippen molar-refractivity contribution in [3.05, 3.63) is 35.9 Å². The SMILES string of the molecule is CC(C)(C)OC(=O)N(Cc1ccccc1)C(CS(=O)(=O)F)C1CC1. The molecule has 1 aromatic rings. The summed E-state index contributed by atoms with van der Waals surface area (Å²) in [5, 5.41) is 0. The number of halogens is 1. The fourth-order valence-electron chi connectivity index (χ4n) is 2.58. The molecule has 0 spiro atoms. The fourth-order valence-corrected chi connectivity index (χ4v) is 3.44. The first-order chi connectivity index (χ1) is 11.1. The van der Waals surface area contributed by atoms with Crippen LogP contribution < -0.4 is 0 Å². The van der Waals surface area contributed by atoms with Crippen molar-refractivity contribution in [1.29, 1.82) is 0 Å². The van der Waals surface area contributed by atoms with Crippen molar-refractivity contribution in [1.82, 2.24) is 4.90 Å². The molecule has 1 atom stereocenters. The van der Waals surface area contributed by atoms with Crippen molar-refractivity contribution in [3.8, 4) is 0 Å². The lowest BCUT2D eigenvalue weighted by Crippen LogP contribution is -2.46. The molecule has 1 fully saturated rings. The van der Waals surface area contributed by atoms with Crippen LogP contribution in [0.25, 0.3) is 0 Å². The highest BCUT2D eigenvalue weighted by Crippen LogP contribution is 2.37. The molecule has 0 aliphatic heterocycles. The maximum atomic E-state index is 13.3. The second kappa shape index (κ2) is 7.09. The Kier molecular flexibility index (Phi) is 5.52. The number of hydrogen-bond donors (Lipinski definition) is 0. The molecular weight excluding hydrogens is 333 g/mol. The Balaban J connectivity index is 2.27. The average molecular weight is 357 g/mol.